The summed E-state index contributed by atoms with van der Waals surface area (Å²) < 4.78 is 64.5. The Balaban J connectivity index is 2.42. The second-order valence-electron chi connectivity index (χ2n) is 7.07. The van der Waals surface area contributed by atoms with Gasteiger partial charge in [0.05, 0.1) is 16.8 Å². The van der Waals surface area contributed by atoms with E-state index in [1.54, 1.807) is 7.05 Å². The van der Waals surface area contributed by atoms with Crippen LogP contribution in [-0.4, -0.2) is 31.9 Å². The van der Waals surface area contributed by atoms with Crippen LogP contribution in [0.5, 0.6) is 0 Å². The Kier molecular flexibility index (Phi) is 5.38. The molecule has 0 aromatic heterocycles. The van der Waals surface area contributed by atoms with E-state index in [2.05, 4.69) is 5.32 Å². The molecule has 0 radical (unpaired) electrons. The van der Waals surface area contributed by atoms with Crippen molar-refractivity contribution in [1.82, 2.24) is 5.32 Å². The number of likely N-dealkylation sites (N-methyl/N-ethyl adjacent to an activating group) is 1. The molecule has 0 amide bonds. The summed E-state index contributed by atoms with van der Waals surface area (Å²) in [4.78, 5) is 0. The van der Waals surface area contributed by atoms with Crippen molar-refractivity contribution in [2.24, 2.45) is 0 Å². The lowest BCUT2D eigenvalue weighted by Gasteiger charge is -2.32. The van der Waals surface area contributed by atoms with Gasteiger partial charge in [-0.3, -0.25) is 0 Å². The molecule has 1 aromatic rings. The highest BCUT2D eigenvalue weighted by Gasteiger charge is 2.52. The summed E-state index contributed by atoms with van der Waals surface area (Å²) in [6.07, 6.45) is -3.19. The van der Waals surface area contributed by atoms with Gasteiger partial charge in [0, 0.05) is 12.1 Å². The van der Waals surface area contributed by atoms with Crippen molar-refractivity contribution in [1.29, 1.82) is 0 Å². The zero-order valence-electron chi connectivity index (χ0n) is 14.9. The third kappa shape index (κ3) is 4.24. The van der Waals surface area contributed by atoms with Crippen LogP contribution in [0.1, 0.15) is 38.8 Å². The molecule has 2 rings (SSSR count). The van der Waals surface area contributed by atoms with Gasteiger partial charge in [-0.15, -0.1) is 0 Å². The number of benzene rings is 1. The van der Waals surface area contributed by atoms with E-state index in [1.165, 1.54) is 6.08 Å². The fourth-order valence-electron chi connectivity index (χ4n) is 2.43. The first-order chi connectivity index (χ1) is 11.4. The molecule has 1 aromatic carbocycles. The minimum atomic E-state index is -4.54. The van der Waals surface area contributed by atoms with Crippen LogP contribution >= 0.6 is 0 Å². The number of rotatable bonds is 4. The van der Waals surface area contributed by atoms with Crippen LogP contribution in [-0.2, 0) is 15.5 Å². The van der Waals surface area contributed by atoms with Crippen molar-refractivity contribution in [3.63, 3.8) is 0 Å². The van der Waals surface area contributed by atoms with Crippen molar-refractivity contribution >= 4 is 13.2 Å². The molecule has 0 bridgehead atoms. The fourth-order valence-corrected chi connectivity index (χ4v) is 2.43. The van der Waals surface area contributed by atoms with Crippen molar-refractivity contribution in [3.05, 3.63) is 40.6 Å². The number of halogens is 4. The van der Waals surface area contributed by atoms with Gasteiger partial charge in [-0.1, -0.05) is 6.08 Å². The molecule has 1 aliphatic rings. The lowest BCUT2D eigenvalue weighted by Crippen LogP contribution is -2.41. The van der Waals surface area contributed by atoms with Crippen LogP contribution in [0.3, 0.4) is 0 Å². The van der Waals surface area contributed by atoms with Gasteiger partial charge >= 0.3 is 13.3 Å². The molecule has 1 N–H and O–H groups in total. The normalized spacial score (nSPS) is 20.2. The lowest BCUT2D eigenvalue weighted by molar-refractivity contribution is -0.137. The van der Waals surface area contributed by atoms with E-state index in [-0.39, 0.29) is 12.1 Å². The standard InChI is InChI=1S/C17H22BF4NO2/c1-15(2)16(3,4)25-18(24-15)13(10-23-5)9-11-8-12(17(20,21)22)6-7-14(11)19/h6-9,23H,10H2,1-5H3. The van der Waals surface area contributed by atoms with Gasteiger partial charge < -0.3 is 14.6 Å². The molecule has 1 fully saturated rings. The molecule has 1 saturated heterocycles. The molecule has 0 aliphatic carbocycles. The zero-order valence-corrected chi connectivity index (χ0v) is 14.9. The molecule has 0 spiro atoms. The van der Waals surface area contributed by atoms with Gasteiger partial charge in [-0.2, -0.15) is 13.2 Å². The Morgan fingerprint density at radius 1 is 1.16 bits per heavy atom. The Hall–Kier alpha value is -1.38. The molecule has 0 atom stereocenters. The minimum absolute atomic E-state index is 0.158. The summed E-state index contributed by atoms with van der Waals surface area (Å²) in [5.41, 5.74) is -1.75. The molecule has 1 heterocycles. The maximum atomic E-state index is 14.0. The average Bonchev–Trinajstić information content (AvgIpc) is 2.68. The predicted octanol–water partition coefficient (Wildman–Crippen LogP) is 4.08. The SMILES string of the molecule is CNCC(=Cc1cc(C(F)(F)F)ccc1F)B1OC(C)(C)C(C)(C)O1. The minimum Gasteiger partial charge on any atom is -0.400 e. The number of hydrogen-bond donors (Lipinski definition) is 1. The first-order valence-corrected chi connectivity index (χ1v) is 7.95. The molecule has 25 heavy (non-hydrogen) atoms. The summed E-state index contributed by atoms with van der Waals surface area (Å²) in [5.74, 6) is -0.738. The van der Waals surface area contributed by atoms with Gasteiger partial charge in [-0.25, -0.2) is 4.39 Å². The number of alkyl halides is 3. The van der Waals surface area contributed by atoms with E-state index in [0.717, 1.165) is 18.2 Å². The highest BCUT2D eigenvalue weighted by Crippen LogP contribution is 2.39. The third-order valence-corrected chi connectivity index (χ3v) is 4.60. The van der Waals surface area contributed by atoms with E-state index >= 15 is 0 Å². The highest BCUT2D eigenvalue weighted by molar-refractivity contribution is 6.55. The van der Waals surface area contributed by atoms with Crippen LogP contribution in [0.4, 0.5) is 17.6 Å². The second kappa shape index (κ2) is 6.74. The summed E-state index contributed by atoms with van der Waals surface area (Å²) in [6.45, 7) is 7.76. The summed E-state index contributed by atoms with van der Waals surface area (Å²) >= 11 is 0. The van der Waals surface area contributed by atoms with E-state index in [1.807, 2.05) is 27.7 Å². The van der Waals surface area contributed by atoms with E-state index in [4.69, 9.17) is 9.31 Å². The van der Waals surface area contributed by atoms with E-state index in [9.17, 15) is 17.6 Å². The first-order valence-electron chi connectivity index (χ1n) is 7.95. The van der Waals surface area contributed by atoms with E-state index in [0.29, 0.717) is 5.47 Å². The lowest BCUT2D eigenvalue weighted by atomic mass is 9.77. The van der Waals surface area contributed by atoms with Gasteiger partial charge in [0.2, 0.25) is 0 Å². The quantitative estimate of drug-likeness (QED) is 0.649. The zero-order chi connectivity index (χ0) is 19.0. The van der Waals surface area contributed by atoms with Gasteiger partial charge in [0.15, 0.2) is 0 Å². The maximum Gasteiger partial charge on any atom is 0.491 e. The first kappa shape index (κ1) is 19.9. The topological polar surface area (TPSA) is 30.5 Å². The number of hydrogen-bond acceptors (Lipinski definition) is 3. The number of nitrogens with one attached hydrogen (secondary N) is 1. The molecule has 138 valence electrons. The average molecular weight is 359 g/mol. The summed E-state index contributed by atoms with van der Waals surface area (Å²) in [5, 5.41) is 2.91. The van der Waals surface area contributed by atoms with Crippen LogP contribution in [0, 0.1) is 5.82 Å². The Morgan fingerprint density at radius 3 is 2.20 bits per heavy atom. The Morgan fingerprint density at radius 2 is 1.72 bits per heavy atom. The largest absolute Gasteiger partial charge is 0.491 e. The van der Waals surface area contributed by atoms with Crippen molar-refractivity contribution in [2.75, 3.05) is 13.6 Å². The highest BCUT2D eigenvalue weighted by atomic mass is 19.4. The molecular weight excluding hydrogens is 337 g/mol. The van der Waals surface area contributed by atoms with Crippen LogP contribution in [0.15, 0.2) is 23.7 Å². The summed E-state index contributed by atoms with van der Waals surface area (Å²) in [7, 11) is 0.910. The Bertz CT molecular complexity index is 655. The summed E-state index contributed by atoms with van der Waals surface area (Å²) in [6, 6.07) is 2.32. The van der Waals surface area contributed by atoms with Gasteiger partial charge in [-0.05, 0) is 58.4 Å². The van der Waals surface area contributed by atoms with Crippen molar-refractivity contribution in [3.8, 4) is 0 Å². The smallest absolute Gasteiger partial charge is 0.400 e. The third-order valence-electron chi connectivity index (χ3n) is 4.60. The van der Waals surface area contributed by atoms with Gasteiger partial charge in [0.25, 0.3) is 0 Å². The second-order valence-corrected chi connectivity index (χ2v) is 7.07. The fraction of sp³-hybridized carbons (Fsp3) is 0.529. The van der Waals surface area contributed by atoms with Crippen LogP contribution in [0.25, 0.3) is 6.08 Å². The maximum absolute atomic E-state index is 14.0. The monoisotopic (exact) mass is 359 g/mol. The van der Waals surface area contributed by atoms with Crippen molar-refractivity contribution in [2.45, 2.75) is 45.1 Å². The van der Waals surface area contributed by atoms with E-state index < -0.39 is 35.9 Å². The molecular formula is C17H22BF4NO2. The molecule has 3 nitrogen and oxygen atoms in total. The van der Waals surface area contributed by atoms with Gasteiger partial charge in [0.1, 0.15) is 5.82 Å². The molecule has 8 heteroatoms. The van der Waals surface area contributed by atoms with Crippen LogP contribution in [0.2, 0.25) is 0 Å². The molecule has 0 unspecified atom stereocenters. The van der Waals surface area contributed by atoms with Crippen LogP contribution < -0.4 is 5.32 Å². The Labute approximate surface area is 145 Å². The predicted molar refractivity (Wildman–Crippen MR) is 89.4 cm³/mol. The molecule has 1 aliphatic heterocycles. The molecule has 0 saturated carbocycles. The van der Waals surface area contributed by atoms with Crippen molar-refractivity contribution < 1.29 is 26.9 Å².